The van der Waals surface area contributed by atoms with Gasteiger partial charge in [0.05, 0.1) is 13.2 Å². The van der Waals surface area contributed by atoms with Crippen LogP contribution in [0.5, 0.6) is 0 Å². The minimum Gasteiger partial charge on any atom is -0.395 e. The quantitative estimate of drug-likeness (QED) is 0.564. The van der Waals surface area contributed by atoms with E-state index in [1.165, 1.54) is 0 Å². The second-order valence-electron chi connectivity index (χ2n) is 2.63. The molecule has 1 aromatic rings. The summed E-state index contributed by atoms with van der Waals surface area (Å²) in [6, 6.07) is 0. The first-order valence-corrected chi connectivity index (χ1v) is 5.38. The van der Waals surface area contributed by atoms with Crippen LogP contribution in [0.25, 0.3) is 0 Å². The highest BCUT2D eigenvalue weighted by Gasteiger charge is 2.00. The molecule has 0 atom stereocenters. The first-order chi connectivity index (χ1) is 6.38. The zero-order chi connectivity index (χ0) is 9.52. The molecule has 1 rings (SSSR count). The highest BCUT2D eigenvalue weighted by Crippen LogP contribution is 1.96. The lowest BCUT2D eigenvalue weighted by atomic mass is 10.5. The molecule has 0 aliphatic carbocycles. The van der Waals surface area contributed by atoms with Crippen LogP contribution in [0.3, 0.4) is 0 Å². The molecule has 13 heavy (non-hydrogen) atoms. The molecule has 0 fully saturated rings. The first-order valence-electron chi connectivity index (χ1n) is 4.26. The number of imidazole rings is 1. The summed E-state index contributed by atoms with van der Waals surface area (Å²) in [5.41, 5.74) is 0. The standard InChI is InChI=1S/C8H14BrN3O/c9-1-2-10-7-8-11-3-4-12(8)5-6-13/h3-4,10,13H,1-2,5-7H2. The van der Waals surface area contributed by atoms with Crippen LogP contribution in [0.1, 0.15) is 5.82 Å². The highest BCUT2D eigenvalue weighted by atomic mass is 79.9. The fourth-order valence-electron chi connectivity index (χ4n) is 1.09. The van der Waals surface area contributed by atoms with Crippen molar-refractivity contribution in [3.63, 3.8) is 0 Å². The molecule has 2 N–H and O–H groups in total. The maximum Gasteiger partial charge on any atom is 0.122 e. The van der Waals surface area contributed by atoms with Gasteiger partial charge in [-0.05, 0) is 0 Å². The minimum atomic E-state index is 0.155. The number of alkyl halides is 1. The van der Waals surface area contributed by atoms with E-state index in [4.69, 9.17) is 5.11 Å². The third-order valence-corrected chi connectivity index (χ3v) is 2.09. The van der Waals surface area contributed by atoms with Crippen molar-refractivity contribution in [2.75, 3.05) is 18.5 Å². The van der Waals surface area contributed by atoms with Crippen molar-refractivity contribution in [1.29, 1.82) is 0 Å². The molecule has 0 radical (unpaired) electrons. The topological polar surface area (TPSA) is 50.1 Å². The Morgan fingerprint density at radius 3 is 3.15 bits per heavy atom. The Hall–Kier alpha value is -0.390. The van der Waals surface area contributed by atoms with Gasteiger partial charge in [0.25, 0.3) is 0 Å². The van der Waals surface area contributed by atoms with Crippen LogP contribution in [0.15, 0.2) is 12.4 Å². The maximum absolute atomic E-state index is 8.76. The molecular weight excluding hydrogens is 234 g/mol. The monoisotopic (exact) mass is 247 g/mol. The predicted molar refractivity (Wildman–Crippen MR) is 54.8 cm³/mol. The van der Waals surface area contributed by atoms with E-state index in [1.54, 1.807) is 6.20 Å². The largest absolute Gasteiger partial charge is 0.395 e. The van der Waals surface area contributed by atoms with Crippen LogP contribution in [-0.4, -0.2) is 33.1 Å². The number of aliphatic hydroxyl groups is 1. The smallest absolute Gasteiger partial charge is 0.122 e. The lowest BCUT2D eigenvalue weighted by Gasteiger charge is -2.05. The number of hydrogen-bond acceptors (Lipinski definition) is 3. The Bertz CT molecular complexity index is 239. The Balaban J connectivity index is 2.40. The minimum absolute atomic E-state index is 0.155. The molecule has 0 saturated carbocycles. The number of nitrogens with zero attached hydrogens (tertiary/aromatic N) is 2. The third-order valence-electron chi connectivity index (χ3n) is 1.70. The second-order valence-corrected chi connectivity index (χ2v) is 3.42. The van der Waals surface area contributed by atoms with Gasteiger partial charge < -0.3 is 15.0 Å². The molecule has 0 aliphatic heterocycles. The van der Waals surface area contributed by atoms with Gasteiger partial charge in [-0.15, -0.1) is 0 Å². The zero-order valence-electron chi connectivity index (χ0n) is 7.41. The van der Waals surface area contributed by atoms with E-state index in [0.717, 1.165) is 24.2 Å². The van der Waals surface area contributed by atoms with Crippen molar-refractivity contribution >= 4 is 15.9 Å². The summed E-state index contributed by atoms with van der Waals surface area (Å²) in [6.45, 7) is 2.44. The molecular formula is C8H14BrN3O. The molecule has 0 unspecified atom stereocenters. The zero-order valence-corrected chi connectivity index (χ0v) is 9.00. The highest BCUT2D eigenvalue weighted by molar-refractivity contribution is 9.09. The van der Waals surface area contributed by atoms with Crippen molar-refractivity contribution in [2.24, 2.45) is 0 Å². The molecule has 1 aromatic heterocycles. The van der Waals surface area contributed by atoms with Gasteiger partial charge in [-0.1, -0.05) is 15.9 Å². The van der Waals surface area contributed by atoms with Crippen molar-refractivity contribution in [1.82, 2.24) is 14.9 Å². The van der Waals surface area contributed by atoms with Gasteiger partial charge in [-0.3, -0.25) is 0 Å². The molecule has 0 aliphatic rings. The molecule has 4 nitrogen and oxygen atoms in total. The summed E-state index contributed by atoms with van der Waals surface area (Å²) in [7, 11) is 0. The average molecular weight is 248 g/mol. The number of halogens is 1. The van der Waals surface area contributed by atoms with Gasteiger partial charge in [0.15, 0.2) is 0 Å². The number of hydrogen-bond donors (Lipinski definition) is 2. The summed E-state index contributed by atoms with van der Waals surface area (Å²) < 4.78 is 1.95. The van der Waals surface area contributed by atoms with Crippen LogP contribution in [0, 0.1) is 0 Å². The van der Waals surface area contributed by atoms with Gasteiger partial charge >= 0.3 is 0 Å². The molecule has 0 saturated heterocycles. The predicted octanol–water partition coefficient (Wildman–Crippen LogP) is 0.360. The number of nitrogens with one attached hydrogen (secondary N) is 1. The average Bonchev–Trinajstić information content (AvgIpc) is 2.54. The summed E-state index contributed by atoms with van der Waals surface area (Å²) >= 11 is 3.33. The van der Waals surface area contributed by atoms with E-state index in [1.807, 2.05) is 10.8 Å². The van der Waals surface area contributed by atoms with E-state index in [-0.39, 0.29) is 6.61 Å². The fraction of sp³-hybridized carbons (Fsp3) is 0.625. The van der Waals surface area contributed by atoms with Crippen molar-refractivity contribution < 1.29 is 5.11 Å². The summed E-state index contributed by atoms with van der Waals surface area (Å²) in [5.74, 6) is 0.968. The van der Waals surface area contributed by atoms with E-state index >= 15 is 0 Å². The molecule has 1 heterocycles. The Morgan fingerprint density at radius 2 is 2.46 bits per heavy atom. The van der Waals surface area contributed by atoms with E-state index in [0.29, 0.717) is 6.54 Å². The van der Waals surface area contributed by atoms with Crippen LogP contribution in [0.4, 0.5) is 0 Å². The SMILES string of the molecule is OCCn1ccnc1CNCCBr. The van der Waals surface area contributed by atoms with Gasteiger partial charge in [0.2, 0.25) is 0 Å². The molecule has 0 aromatic carbocycles. The van der Waals surface area contributed by atoms with Gasteiger partial charge in [0, 0.05) is 30.8 Å². The third kappa shape index (κ3) is 3.46. The Morgan fingerprint density at radius 1 is 1.62 bits per heavy atom. The second kappa shape index (κ2) is 6.12. The Kier molecular flexibility index (Phi) is 5.03. The van der Waals surface area contributed by atoms with Gasteiger partial charge in [-0.2, -0.15) is 0 Å². The van der Waals surface area contributed by atoms with Crippen molar-refractivity contribution in [3.05, 3.63) is 18.2 Å². The lowest BCUT2D eigenvalue weighted by Crippen LogP contribution is -2.19. The number of aromatic nitrogens is 2. The van der Waals surface area contributed by atoms with E-state index < -0.39 is 0 Å². The number of aliphatic hydroxyl groups excluding tert-OH is 1. The van der Waals surface area contributed by atoms with E-state index in [2.05, 4.69) is 26.2 Å². The van der Waals surface area contributed by atoms with Crippen LogP contribution in [0.2, 0.25) is 0 Å². The van der Waals surface area contributed by atoms with Gasteiger partial charge in [-0.25, -0.2) is 4.98 Å². The van der Waals surface area contributed by atoms with E-state index in [9.17, 15) is 0 Å². The van der Waals surface area contributed by atoms with Crippen molar-refractivity contribution in [3.8, 4) is 0 Å². The summed E-state index contributed by atoms with van der Waals surface area (Å²) in [6.07, 6.45) is 3.63. The maximum atomic E-state index is 8.76. The van der Waals surface area contributed by atoms with Crippen LogP contribution >= 0.6 is 15.9 Å². The molecule has 0 bridgehead atoms. The normalized spacial score (nSPS) is 10.6. The molecule has 0 spiro atoms. The van der Waals surface area contributed by atoms with Gasteiger partial charge in [0.1, 0.15) is 5.82 Å². The lowest BCUT2D eigenvalue weighted by molar-refractivity contribution is 0.274. The number of rotatable bonds is 6. The first kappa shape index (κ1) is 10.7. The Labute approximate surface area is 86.1 Å². The van der Waals surface area contributed by atoms with Crippen molar-refractivity contribution in [2.45, 2.75) is 13.1 Å². The molecule has 5 heteroatoms. The molecule has 0 amide bonds. The van der Waals surface area contributed by atoms with Crippen LogP contribution in [-0.2, 0) is 13.1 Å². The summed E-state index contributed by atoms with van der Waals surface area (Å²) in [5, 5.41) is 12.9. The van der Waals surface area contributed by atoms with Crippen LogP contribution < -0.4 is 5.32 Å². The fourth-order valence-corrected chi connectivity index (χ4v) is 1.37. The summed E-state index contributed by atoms with van der Waals surface area (Å²) in [4.78, 5) is 4.18. The molecule has 74 valence electrons.